The fourth-order valence-corrected chi connectivity index (χ4v) is 3.03. The van der Waals surface area contributed by atoms with Crippen molar-refractivity contribution in [2.24, 2.45) is 7.05 Å². The number of aromatic amines is 1. The van der Waals surface area contributed by atoms with Crippen molar-refractivity contribution in [2.45, 2.75) is 13.0 Å². The molecular weight excluding hydrogens is 326 g/mol. The van der Waals surface area contributed by atoms with Gasteiger partial charge in [0.15, 0.2) is 5.82 Å². The average Bonchev–Trinajstić information content (AvgIpc) is 3.27. The van der Waals surface area contributed by atoms with E-state index in [4.69, 9.17) is 0 Å². The first kappa shape index (κ1) is 16.1. The van der Waals surface area contributed by atoms with Crippen molar-refractivity contribution in [1.82, 2.24) is 25.1 Å². The number of carbonyl (C=O) groups excluding carboxylic acids is 1. The Labute approximate surface area is 150 Å². The summed E-state index contributed by atoms with van der Waals surface area (Å²) in [7, 11) is 1.90. The molecule has 4 aromatic rings. The number of hydrogen-bond acceptors (Lipinski definition) is 3. The second-order valence-corrected chi connectivity index (χ2v) is 6.26. The SMILES string of the molecule is Cc1nnc(C(NC(=O)c2ccc3[nH]ccc3c2)c2ccccc2)n1C. The van der Waals surface area contributed by atoms with Gasteiger partial charge in [0.25, 0.3) is 5.91 Å². The number of amides is 1. The molecular formula is C20H19N5O. The average molecular weight is 345 g/mol. The highest BCUT2D eigenvalue weighted by Crippen LogP contribution is 2.22. The van der Waals surface area contributed by atoms with Gasteiger partial charge in [-0.05, 0) is 36.8 Å². The van der Waals surface area contributed by atoms with Gasteiger partial charge in [0.05, 0.1) is 0 Å². The van der Waals surface area contributed by atoms with Gasteiger partial charge in [0, 0.05) is 29.7 Å². The van der Waals surface area contributed by atoms with E-state index in [9.17, 15) is 4.79 Å². The van der Waals surface area contributed by atoms with Gasteiger partial charge >= 0.3 is 0 Å². The zero-order valence-electron chi connectivity index (χ0n) is 14.6. The Morgan fingerprint density at radius 2 is 1.92 bits per heavy atom. The van der Waals surface area contributed by atoms with Crippen LogP contribution in [0.25, 0.3) is 10.9 Å². The minimum absolute atomic E-state index is 0.150. The minimum atomic E-state index is -0.378. The lowest BCUT2D eigenvalue weighted by Gasteiger charge is -2.19. The third-order valence-electron chi connectivity index (χ3n) is 4.61. The Hall–Kier alpha value is -3.41. The van der Waals surface area contributed by atoms with E-state index in [1.807, 2.05) is 79.3 Å². The molecule has 1 unspecified atom stereocenters. The molecule has 2 aromatic heterocycles. The second-order valence-electron chi connectivity index (χ2n) is 6.26. The van der Waals surface area contributed by atoms with Crippen molar-refractivity contribution in [2.75, 3.05) is 0 Å². The molecule has 0 aliphatic carbocycles. The van der Waals surface area contributed by atoms with Gasteiger partial charge < -0.3 is 14.9 Å². The summed E-state index contributed by atoms with van der Waals surface area (Å²) in [5.74, 6) is 1.34. The van der Waals surface area contributed by atoms with Crippen LogP contribution in [0, 0.1) is 6.92 Å². The standard InChI is InChI=1S/C20H19N5O/c1-13-23-24-19(25(13)2)18(14-6-4-3-5-7-14)22-20(26)16-8-9-17-15(12-16)10-11-21-17/h3-12,18,21H,1-2H3,(H,22,26). The highest BCUT2D eigenvalue weighted by molar-refractivity contribution is 5.98. The minimum Gasteiger partial charge on any atom is -0.361 e. The second kappa shape index (κ2) is 6.48. The summed E-state index contributed by atoms with van der Waals surface area (Å²) < 4.78 is 1.90. The van der Waals surface area contributed by atoms with Crippen molar-refractivity contribution in [3.05, 3.63) is 83.6 Å². The van der Waals surface area contributed by atoms with Crippen LogP contribution in [0.5, 0.6) is 0 Å². The first-order chi connectivity index (χ1) is 12.6. The van der Waals surface area contributed by atoms with Crippen LogP contribution < -0.4 is 5.32 Å². The van der Waals surface area contributed by atoms with Gasteiger partial charge in [-0.15, -0.1) is 10.2 Å². The van der Waals surface area contributed by atoms with Gasteiger partial charge in [0.1, 0.15) is 11.9 Å². The summed E-state index contributed by atoms with van der Waals surface area (Å²) in [6, 6.07) is 17.0. The van der Waals surface area contributed by atoms with Gasteiger partial charge in [0.2, 0.25) is 0 Å². The maximum absolute atomic E-state index is 12.9. The fourth-order valence-electron chi connectivity index (χ4n) is 3.03. The van der Waals surface area contributed by atoms with Crippen LogP contribution in [0.15, 0.2) is 60.8 Å². The summed E-state index contributed by atoms with van der Waals surface area (Å²) in [5.41, 5.74) is 2.57. The van der Waals surface area contributed by atoms with Crippen LogP contribution in [0.2, 0.25) is 0 Å². The number of H-pyrrole nitrogens is 1. The van der Waals surface area contributed by atoms with E-state index in [0.29, 0.717) is 11.4 Å². The summed E-state index contributed by atoms with van der Waals surface area (Å²) in [6.45, 7) is 1.89. The Morgan fingerprint density at radius 3 is 2.65 bits per heavy atom. The maximum atomic E-state index is 12.9. The molecule has 2 N–H and O–H groups in total. The molecule has 0 spiro atoms. The molecule has 2 heterocycles. The van der Waals surface area contributed by atoms with E-state index < -0.39 is 0 Å². The van der Waals surface area contributed by atoms with Crippen LogP contribution in [0.1, 0.15) is 33.6 Å². The Morgan fingerprint density at radius 1 is 1.12 bits per heavy atom. The topological polar surface area (TPSA) is 75.6 Å². The van der Waals surface area contributed by atoms with Crippen LogP contribution in [0.4, 0.5) is 0 Å². The predicted molar refractivity (Wildman–Crippen MR) is 99.8 cm³/mol. The summed E-state index contributed by atoms with van der Waals surface area (Å²) in [4.78, 5) is 16.0. The lowest BCUT2D eigenvalue weighted by Crippen LogP contribution is -2.31. The molecule has 0 saturated carbocycles. The first-order valence-corrected chi connectivity index (χ1v) is 8.42. The molecule has 6 nitrogen and oxygen atoms in total. The number of carbonyl (C=O) groups is 1. The van der Waals surface area contributed by atoms with Crippen molar-refractivity contribution in [1.29, 1.82) is 0 Å². The molecule has 1 atom stereocenters. The number of rotatable bonds is 4. The molecule has 130 valence electrons. The molecule has 6 heteroatoms. The summed E-state index contributed by atoms with van der Waals surface area (Å²) in [6.07, 6.45) is 1.86. The van der Waals surface area contributed by atoms with Crippen molar-refractivity contribution in [3.8, 4) is 0 Å². The first-order valence-electron chi connectivity index (χ1n) is 8.42. The predicted octanol–water partition coefficient (Wildman–Crippen LogP) is 3.12. The molecule has 0 radical (unpaired) electrons. The van der Waals surface area contributed by atoms with Crippen molar-refractivity contribution >= 4 is 16.8 Å². The summed E-state index contributed by atoms with van der Waals surface area (Å²) >= 11 is 0. The number of hydrogen-bond donors (Lipinski definition) is 2. The molecule has 2 aromatic carbocycles. The molecule has 0 saturated heterocycles. The Kier molecular flexibility index (Phi) is 4.01. The number of nitrogens with zero attached hydrogens (tertiary/aromatic N) is 3. The van der Waals surface area contributed by atoms with E-state index in [1.54, 1.807) is 0 Å². The van der Waals surface area contributed by atoms with Crippen molar-refractivity contribution < 1.29 is 4.79 Å². The highest BCUT2D eigenvalue weighted by atomic mass is 16.1. The van der Waals surface area contributed by atoms with E-state index in [-0.39, 0.29) is 11.9 Å². The van der Waals surface area contributed by atoms with E-state index in [1.165, 1.54) is 0 Å². The number of nitrogens with one attached hydrogen (secondary N) is 2. The molecule has 26 heavy (non-hydrogen) atoms. The zero-order valence-corrected chi connectivity index (χ0v) is 14.6. The molecule has 1 amide bonds. The van der Waals surface area contributed by atoms with Crippen LogP contribution in [-0.4, -0.2) is 25.7 Å². The number of aromatic nitrogens is 4. The molecule has 0 bridgehead atoms. The molecule has 0 fully saturated rings. The molecule has 0 aliphatic rings. The van der Waals surface area contributed by atoms with Crippen LogP contribution >= 0.6 is 0 Å². The molecule has 0 aliphatic heterocycles. The maximum Gasteiger partial charge on any atom is 0.252 e. The van der Waals surface area contributed by atoms with Crippen LogP contribution in [0.3, 0.4) is 0 Å². The van der Waals surface area contributed by atoms with E-state index in [2.05, 4.69) is 20.5 Å². The number of fused-ring (bicyclic) bond motifs is 1. The van der Waals surface area contributed by atoms with Gasteiger partial charge in [-0.25, -0.2) is 0 Å². The number of benzene rings is 2. The lowest BCUT2D eigenvalue weighted by atomic mass is 10.0. The Balaban J connectivity index is 1.70. The lowest BCUT2D eigenvalue weighted by molar-refractivity contribution is 0.0941. The van der Waals surface area contributed by atoms with Crippen molar-refractivity contribution in [3.63, 3.8) is 0 Å². The van der Waals surface area contributed by atoms with E-state index >= 15 is 0 Å². The van der Waals surface area contributed by atoms with Gasteiger partial charge in [-0.2, -0.15) is 0 Å². The quantitative estimate of drug-likeness (QED) is 0.597. The molecule has 4 rings (SSSR count). The van der Waals surface area contributed by atoms with Crippen LogP contribution in [-0.2, 0) is 7.05 Å². The largest absolute Gasteiger partial charge is 0.361 e. The smallest absolute Gasteiger partial charge is 0.252 e. The Bertz CT molecular complexity index is 1060. The van der Waals surface area contributed by atoms with Gasteiger partial charge in [-0.3, -0.25) is 4.79 Å². The summed E-state index contributed by atoms with van der Waals surface area (Å²) in [5, 5.41) is 12.5. The normalized spacial score (nSPS) is 12.2. The monoisotopic (exact) mass is 345 g/mol. The third-order valence-corrected chi connectivity index (χ3v) is 4.61. The highest BCUT2D eigenvalue weighted by Gasteiger charge is 2.23. The van der Waals surface area contributed by atoms with Gasteiger partial charge in [-0.1, -0.05) is 30.3 Å². The zero-order chi connectivity index (χ0) is 18.1. The van der Waals surface area contributed by atoms with E-state index in [0.717, 1.165) is 22.3 Å². The fraction of sp³-hybridized carbons (Fsp3) is 0.150. The third kappa shape index (κ3) is 2.86. The number of aryl methyl sites for hydroxylation is 1.